The van der Waals surface area contributed by atoms with Crippen LogP contribution in [0, 0.1) is 0 Å². The van der Waals surface area contributed by atoms with Gasteiger partial charge in [0.05, 0.1) is 4.47 Å². The Labute approximate surface area is 158 Å². The van der Waals surface area contributed by atoms with Crippen LogP contribution in [0.4, 0.5) is 0 Å². The SMILES string of the molecule is CC(C)c1ccc(OCC(=O)NN=C2CCN(C(C)C)CC2)c(Br)c1. The number of carbonyl (C=O) groups is 1. The van der Waals surface area contributed by atoms with Crippen molar-refractivity contribution >= 4 is 27.5 Å². The van der Waals surface area contributed by atoms with Crippen molar-refractivity contribution in [1.29, 1.82) is 0 Å². The summed E-state index contributed by atoms with van der Waals surface area (Å²) in [6, 6.07) is 6.50. The summed E-state index contributed by atoms with van der Waals surface area (Å²) in [5, 5.41) is 4.25. The van der Waals surface area contributed by atoms with Crippen molar-refractivity contribution in [1.82, 2.24) is 10.3 Å². The number of likely N-dealkylation sites (tertiary alicyclic amines) is 1. The Morgan fingerprint density at radius 2 is 1.96 bits per heavy atom. The Kier molecular flexibility index (Phi) is 7.44. The lowest BCUT2D eigenvalue weighted by Crippen LogP contribution is -2.39. The minimum atomic E-state index is -0.237. The number of nitrogens with one attached hydrogen (secondary N) is 1. The smallest absolute Gasteiger partial charge is 0.277 e. The van der Waals surface area contributed by atoms with Gasteiger partial charge < -0.3 is 9.64 Å². The first-order valence-electron chi connectivity index (χ1n) is 8.87. The van der Waals surface area contributed by atoms with Crippen molar-refractivity contribution in [3.8, 4) is 5.75 Å². The van der Waals surface area contributed by atoms with Gasteiger partial charge in [-0.15, -0.1) is 0 Å². The van der Waals surface area contributed by atoms with Crippen LogP contribution in [0.25, 0.3) is 0 Å². The molecule has 0 aliphatic carbocycles. The van der Waals surface area contributed by atoms with Crippen molar-refractivity contribution in [2.24, 2.45) is 5.10 Å². The molecule has 25 heavy (non-hydrogen) atoms. The van der Waals surface area contributed by atoms with Crippen LogP contribution in [0.3, 0.4) is 0 Å². The minimum absolute atomic E-state index is 0.0471. The first-order chi connectivity index (χ1) is 11.9. The monoisotopic (exact) mass is 409 g/mol. The summed E-state index contributed by atoms with van der Waals surface area (Å²) in [5.74, 6) is 0.877. The van der Waals surface area contributed by atoms with Gasteiger partial charge in [0.15, 0.2) is 6.61 Å². The first-order valence-corrected chi connectivity index (χ1v) is 9.66. The van der Waals surface area contributed by atoms with E-state index in [1.165, 1.54) is 5.56 Å². The summed E-state index contributed by atoms with van der Waals surface area (Å²) in [5.41, 5.74) is 4.88. The Morgan fingerprint density at radius 3 is 2.52 bits per heavy atom. The van der Waals surface area contributed by atoms with Crippen molar-refractivity contribution in [2.75, 3.05) is 19.7 Å². The highest BCUT2D eigenvalue weighted by Gasteiger charge is 2.17. The molecule has 0 saturated carbocycles. The number of carbonyl (C=O) groups excluding carboxylic acids is 1. The summed E-state index contributed by atoms with van der Waals surface area (Å²) < 4.78 is 6.45. The van der Waals surface area contributed by atoms with Crippen LogP contribution < -0.4 is 10.2 Å². The minimum Gasteiger partial charge on any atom is -0.483 e. The van der Waals surface area contributed by atoms with Crippen molar-refractivity contribution in [2.45, 2.75) is 52.5 Å². The Hall–Kier alpha value is -1.40. The Bertz CT molecular complexity index is 619. The van der Waals surface area contributed by atoms with E-state index in [4.69, 9.17) is 4.74 Å². The molecule has 1 aliphatic rings. The molecule has 1 heterocycles. The lowest BCUT2D eigenvalue weighted by molar-refractivity contribution is -0.123. The highest BCUT2D eigenvalue weighted by molar-refractivity contribution is 9.10. The van der Waals surface area contributed by atoms with Gasteiger partial charge >= 0.3 is 0 Å². The van der Waals surface area contributed by atoms with Gasteiger partial charge in [-0.2, -0.15) is 5.10 Å². The van der Waals surface area contributed by atoms with Gasteiger partial charge in [-0.3, -0.25) is 4.79 Å². The molecular weight excluding hydrogens is 382 g/mol. The van der Waals surface area contributed by atoms with E-state index in [2.05, 4.69) is 59.1 Å². The Morgan fingerprint density at radius 1 is 1.28 bits per heavy atom. The molecule has 0 bridgehead atoms. The molecule has 1 saturated heterocycles. The molecular formula is C19H28BrN3O2. The number of hydrazone groups is 1. The van der Waals surface area contributed by atoms with Crippen LogP contribution in [0.15, 0.2) is 27.8 Å². The van der Waals surface area contributed by atoms with Gasteiger partial charge in [-0.05, 0) is 53.4 Å². The quantitative estimate of drug-likeness (QED) is 0.724. The second-order valence-corrected chi connectivity index (χ2v) is 7.83. The standard InChI is InChI=1S/C19H28BrN3O2/c1-13(2)15-5-6-18(17(20)11-15)25-12-19(24)22-21-16-7-9-23(10-8-16)14(3)4/h5-6,11,13-14H,7-10,12H2,1-4H3,(H,22,24). The zero-order valence-corrected chi connectivity index (χ0v) is 17.1. The lowest BCUT2D eigenvalue weighted by Gasteiger charge is -2.30. The third kappa shape index (κ3) is 6.12. The Balaban J connectivity index is 1.79. The molecule has 1 aliphatic heterocycles. The number of nitrogens with zero attached hydrogens (tertiary/aromatic N) is 2. The highest BCUT2D eigenvalue weighted by Crippen LogP contribution is 2.28. The fourth-order valence-electron chi connectivity index (χ4n) is 2.72. The molecule has 0 unspecified atom stereocenters. The number of ether oxygens (including phenoxy) is 1. The van der Waals surface area contributed by atoms with Crippen molar-refractivity contribution < 1.29 is 9.53 Å². The molecule has 2 rings (SSSR count). The number of halogens is 1. The van der Waals surface area contributed by atoms with E-state index < -0.39 is 0 Å². The summed E-state index contributed by atoms with van der Waals surface area (Å²) >= 11 is 3.50. The second kappa shape index (κ2) is 9.34. The lowest BCUT2D eigenvalue weighted by atomic mass is 10.0. The molecule has 1 amide bonds. The summed E-state index contributed by atoms with van der Waals surface area (Å²) in [7, 11) is 0. The molecule has 0 atom stereocenters. The molecule has 1 N–H and O–H groups in total. The summed E-state index contributed by atoms with van der Waals surface area (Å²) in [6.07, 6.45) is 1.81. The molecule has 138 valence electrons. The van der Waals surface area contributed by atoms with E-state index in [1.807, 2.05) is 18.2 Å². The largest absolute Gasteiger partial charge is 0.483 e. The number of piperidine rings is 1. The number of benzene rings is 1. The van der Waals surface area contributed by atoms with Crippen LogP contribution in [0.1, 0.15) is 52.0 Å². The normalized spacial score (nSPS) is 15.6. The predicted octanol–water partition coefficient (Wildman–Crippen LogP) is 3.93. The van der Waals surface area contributed by atoms with E-state index in [1.54, 1.807) is 0 Å². The number of hydrogen-bond donors (Lipinski definition) is 1. The van der Waals surface area contributed by atoms with Crippen molar-refractivity contribution in [3.05, 3.63) is 28.2 Å². The maximum Gasteiger partial charge on any atom is 0.277 e. The first kappa shape index (κ1) is 19.9. The van der Waals surface area contributed by atoms with E-state index in [0.29, 0.717) is 17.7 Å². The topological polar surface area (TPSA) is 53.9 Å². The van der Waals surface area contributed by atoms with Crippen molar-refractivity contribution in [3.63, 3.8) is 0 Å². The van der Waals surface area contributed by atoms with Gasteiger partial charge in [0.1, 0.15) is 5.75 Å². The fourth-order valence-corrected chi connectivity index (χ4v) is 3.23. The van der Waals surface area contributed by atoms with E-state index >= 15 is 0 Å². The van der Waals surface area contributed by atoms with E-state index in [9.17, 15) is 4.79 Å². The average Bonchev–Trinajstić information content (AvgIpc) is 2.59. The molecule has 6 heteroatoms. The highest BCUT2D eigenvalue weighted by atomic mass is 79.9. The maximum atomic E-state index is 11.9. The summed E-state index contributed by atoms with van der Waals surface area (Å²) in [4.78, 5) is 14.4. The molecule has 0 spiro atoms. The molecule has 1 aromatic rings. The van der Waals surface area contributed by atoms with Gasteiger partial charge in [0.25, 0.3) is 5.91 Å². The molecule has 0 radical (unpaired) electrons. The fraction of sp³-hybridized carbons (Fsp3) is 0.579. The zero-order valence-electron chi connectivity index (χ0n) is 15.5. The van der Waals surface area contributed by atoms with E-state index in [-0.39, 0.29) is 12.5 Å². The van der Waals surface area contributed by atoms with Gasteiger partial charge in [0, 0.05) is 37.7 Å². The van der Waals surface area contributed by atoms with Gasteiger partial charge in [0.2, 0.25) is 0 Å². The second-order valence-electron chi connectivity index (χ2n) is 6.98. The average molecular weight is 410 g/mol. The van der Waals surface area contributed by atoms with E-state index in [0.717, 1.165) is 36.1 Å². The number of amides is 1. The van der Waals surface area contributed by atoms with Crippen LogP contribution in [0.5, 0.6) is 5.75 Å². The molecule has 0 aromatic heterocycles. The van der Waals surface area contributed by atoms with Crippen LogP contribution >= 0.6 is 15.9 Å². The number of rotatable bonds is 6. The third-order valence-electron chi connectivity index (χ3n) is 4.43. The molecule has 1 fully saturated rings. The van der Waals surface area contributed by atoms with Crippen LogP contribution in [-0.2, 0) is 4.79 Å². The maximum absolute atomic E-state index is 11.9. The third-order valence-corrected chi connectivity index (χ3v) is 5.05. The van der Waals surface area contributed by atoms with Gasteiger partial charge in [-0.1, -0.05) is 19.9 Å². The molecule has 5 nitrogen and oxygen atoms in total. The van der Waals surface area contributed by atoms with Crippen LogP contribution in [0.2, 0.25) is 0 Å². The predicted molar refractivity (Wildman–Crippen MR) is 105 cm³/mol. The number of hydrogen-bond acceptors (Lipinski definition) is 4. The van der Waals surface area contributed by atoms with Gasteiger partial charge in [-0.25, -0.2) is 5.43 Å². The zero-order chi connectivity index (χ0) is 18.4. The molecule has 1 aromatic carbocycles. The summed E-state index contributed by atoms with van der Waals surface area (Å²) in [6.45, 7) is 10.6. The van der Waals surface area contributed by atoms with Crippen LogP contribution in [-0.4, -0.2) is 42.3 Å².